The van der Waals surface area contributed by atoms with Crippen LogP contribution in [-0.4, -0.2) is 18.9 Å². The van der Waals surface area contributed by atoms with Crippen LogP contribution in [0.1, 0.15) is 20.7 Å². The molecule has 3 rings (SSSR count). The summed E-state index contributed by atoms with van der Waals surface area (Å²) in [6, 6.07) is 16.1. The number of benzene rings is 3. The van der Waals surface area contributed by atoms with Crippen LogP contribution in [0.2, 0.25) is 15.1 Å². The molecule has 0 aliphatic heterocycles. The number of anilines is 2. The van der Waals surface area contributed by atoms with Gasteiger partial charge in [0.15, 0.2) is 0 Å². The molecule has 0 saturated carbocycles. The molecule has 0 saturated heterocycles. The Morgan fingerprint density at radius 1 is 0.793 bits per heavy atom. The van der Waals surface area contributed by atoms with Gasteiger partial charge in [-0.25, -0.2) is 0 Å². The van der Waals surface area contributed by atoms with E-state index in [-0.39, 0.29) is 5.56 Å². The molecule has 0 unspecified atom stereocenters. The lowest BCUT2D eigenvalue weighted by Gasteiger charge is -2.13. The van der Waals surface area contributed by atoms with Gasteiger partial charge in [0.05, 0.1) is 34.1 Å². The van der Waals surface area contributed by atoms with E-state index in [1.165, 1.54) is 13.2 Å². The predicted octanol–water partition coefficient (Wildman–Crippen LogP) is 6.16. The second kappa shape index (κ2) is 9.18. The first-order valence-electron chi connectivity index (χ1n) is 8.39. The summed E-state index contributed by atoms with van der Waals surface area (Å²) in [4.78, 5) is 25.2. The molecule has 0 heterocycles. The monoisotopic (exact) mass is 448 g/mol. The highest BCUT2D eigenvalue weighted by Crippen LogP contribution is 2.29. The Morgan fingerprint density at radius 3 is 2.24 bits per heavy atom. The fourth-order valence-electron chi connectivity index (χ4n) is 2.57. The van der Waals surface area contributed by atoms with Crippen LogP contribution in [0.3, 0.4) is 0 Å². The summed E-state index contributed by atoms with van der Waals surface area (Å²) >= 11 is 18.1. The van der Waals surface area contributed by atoms with Crippen molar-refractivity contribution in [2.45, 2.75) is 0 Å². The maximum Gasteiger partial charge on any atom is 0.257 e. The molecule has 2 amide bonds. The van der Waals surface area contributed by atoms with Crippen molar-refractivity contribution < 1.29 is 14.3 Å². The van der Waals surface area contributed by atoms with Crippen molar-refractivity contribution in [2.24, 2.45) is 0 Å². The summed E-state index contributed by atoms with van der Waals surface area (Å²) in [6.07, 6.45) is 0. The third kappa shape index (κ3) is 5.01. The highest BCUT2D eigenvalue weighted by atomic mass is 35.5. The third-order valence-corrected chi connectivity index (χ3v) is 4.90. The van der Waals surface area contributed by atoms with Gasteiger partial charge in [-0.1, -0.05) is 46.9 Å². The lowest BCUT2D eigenvalue weighted by Crippen LogP contribution is -2.16. The second-order valence-electron chi connectivity index (χ2n) is 5.93. The Bertz CT molecular complexity index is 1090. The van der Waals surface area contributed by atoms with Gasteiger partial charge in [-0.15, -0.1) is 0 Å². The minimum Gasteiger partial charge on any atom is -0.495 e. The second-order valence-corrected chi connectivity index (χ2v) is 7.18. The van der Waals surface area contributed by atoms with E-state index in [4.69, 9.17) is 39.5 Å². The maximum atomic E-state index is 12.7. The third-order valence-electron chi connectivity index (χ3n) is 4.00. The average molecular weight is 450 g/mol. The largest absolute Gasteiger partial charge is 0.495 e. The molecule has 0 aliphatic rings. The molecule has 0 bridgehead atoms. The van der Waals surface area contributed by atoms with Gasteiger partial charge in [-0.3, -0.25) is 9.59 Å². The Morgan fingerprint density at radius 2 is 1.52 bits per heavy atom. The van der Waals surface area contributed by atoms with E-state index >= 15 is 0 Å². The van der Waals surface area contributed by atoms with Gasteiger partial charge in [0.25, 0.3) is 11.8 Å². The zero-order chi connectivity index (χ0) is 21.0. The average Bonchev–Trinajstić information content (AvgIpc) is 2.71. The van der Waals surface area contributed by atoms with Gasteiger partial charge in [0.2, 0.25) is 0 Å². The Labute approximate surface area is 182 Å². The molecular weight excluding hydrogens is 435 g/mol. The van der Waals surface area contributed by atoms with Crippen LogP contribution in [-0.2, 0) is 0 Å². The fraction of sp³-hybridized carbons (Fsp3) is 0.0476. The Kier molecular flexibility index (Phi) is 6.64. The van der Waals surface area contributed by atoms with Gasteiger partial charge >= 0.3 is 0 Å². The summed E-state index contributed by atoms with van der Waals surface area (Å²) in [5, 5.41) is 6.52. The van der Waals surface area contributed by atoms with Crippen molar-refractivity contribution >= 4 is 58.0 Å². The number of methoxy groups -OCH3 is 1. The van der Waals surface area contributed by atoms with Crippen LogP contribution in [0.5, 0.6) is 5.75 Å². The van der Waals surface area contributed by atoms with Crippen LogP contribution in [0.25, 0.3) is 0 Å². The van der Waals surface area contributed by atoms with Crippen LogP contribution in [0.15, 0.2) is 60.7 Å². The van der Waals surface area contributed by atoms with Gasteiger partial charge in [-0.2, -0.15) is 0 Å². The predicted molar refractivity (Wildman–Crippen MR) is 117 cm³/mol. The molecule has 29 heavy (non-hydrogen) atoms. The summed E-state index contributed by atoms with van der Waals surface area (Å²) in [6.45, 7) is 0. The van der Waals surface area contributed by atoms with Crippen LogP contribution in [0.4, 0.5) is 11.4 Å². The van der Waals surface area contributed by atoms with Crippen molar-refractivity contribution in [1.29, 1.82) is 0 Å². The Balaban J connectivity index is 1.86. The maximum absolute atomic E-state index is 12.7. The van der Waals surface area contributed by atoms with Crippen molar-refractivity contribution in [2.75, 3.05) is 17.7 Å². The van der Waals surface area contributed by atoms with E-state index in [0.717, 1.165) is 0 Å². The van der Waals surface area contributed by atoms with Crippen molar-refractivity contribution in [3.8, 4) is 5.75 Å². The molecule has 148 valence electrons. The lowest BCUT2D eigenvalue weighted by molar-refractivity contribution is 0.101. The standard InChI is InChI=1S/C21H15Cl3N2O3/c1-29-19-9-6-12(20(27)25-17-11-13(22)7-8-16(17)24)10-18(19)26-21(28)14-4-2-3-5-15(14)23/h2-11H,1H3,(H,25,27)(H,26,28). The SMILES string of the molecule is COc1ccc(C(=O)Nc2cc(Cl)ccc2Cl)cc1NC(=O)c1ccccc1Cl. The van der Waals surface area contributed by atoms with Crippen molar-refractivity contribution in [1.82, 2.24) is 0 Å². The molecule has 0 spiro atoms. The first-order valence-corrected chi connectivity index (χ1v) is 9.52. The number of halogens is 3. The number of hydrogen-bond acceptors (Lipinski definition) is 3. The quantitative estimate of drug-likeness (QED) is 0.490. The first kappa shape index (κ1) is 21.0. The zero-order valence-electron chi connectivity index (χ0n) is 15.1. The smallest absolute Gasteiger partial charge is 0.257 e. The molecule has 3 aromatic carbocycles. The zero-order valence-corrected chi connectivity index (χ0v) is 17.4. The van der Waals surface area contributed by atoms with Crippen LogP contribution < -0.4 is 15.4 Å². The van der Waals surface area contributed by atoms with E-state index < -0.39 is 11.8 Å². The number of carbonyl (C=O) groups excluding carboxylic acids is 2. The van der Waals surface area contributed by atoms with E-state index in [2.05, 4.69) is 10.6 Å². The molecule has 0 fully saturated rings. The molecule has 0 radical (unpaired) electrons. The Hall–Kier alpha value is -2.73. The molecule has 5 nitrogen and oxygen atoms in total. The van der Waals surface area contributed by atoms with Gasteiger partial charge in [0, 0.05) is 10.6 Å². The van der Waals surface area contributed by atoms with E-state index in [1.807, 2.05) is 0 Å². The number of ether oxygens (including phenoxy) is 1. The molecule has 0 aliphatic carbocycles. The molecule has 2 N–H and O–H groups in total. The summed E-state index contributed by atoms with van der Waals surface area (Å²) in [5.41, 5.74) is 1.29. The van der Waals surface area contributed by atoms with Gasteiger partial charge < -0.3 is 15.4 Å². The number of carbonyl (C=O) groups is 2. The first-order chi connectivity index (χ1) is 13.9. The number of hydrogen-bond donors (Lipinski definition) is 2. The van der Waals surface area contributed by atoms with E-state index in [0.29, 0.717) is 37.8 Å². The topological polar surface area (TPSA) is 67.4 Å². The van der Waals surface area contributed by atoms with Crippen LogP contribution in [0, 0.1) is 0 Å². The molecule has 3 aromatic rings. The van der Waals surface area contributed by atoms with Gasteiger partial charge in [0.1, 0.15) is 5.75 Å². The minimum atomic E-state index is -0.427. The van der Waals surface area contributed by atoms with Crippen LogP contribution >= 0.6 is 34.8 Å². The number of nitrogens with one attached hydrogen (secondary N) is 2. The summed E-state index contributed by atoms with van der Waals surface area (Å²) in [7, 11) is 1.46. The summed E-state index contributed by atoms with van der Waals surface area (Å²) in [5.74, 6) is -0.461. The molecule has 0 aromatic heterocycles. The van der Waals surface area contributed by atoms with E-state index in [9.17, 15) is 9.59 Å². The molecule has 0 atom stereocenters. The molecular formula is C21H15Cl3N2O3. The van der Waals surface area contributed by atoms with Crippen molar-refractivity contribution in [3.63, 3.8) is 0 Å². The number of amides is 2. The summed E-state index contributed by atoms with van der Waals surface area (Å²) < 4.78 is 5.28. The van der Waals surface area contributed by atoms with Gasteiger partial charge in [-0.05, 0) is 48.5 Å². The molecule has 8 heteroatoms. The van der Waals surface area contributed by atoms with Crippen molar-refractivity contribution in [3.05, 3.63) is 86.9 Å². The normalized spacial score (nSPS) is 10.3. The number of rotatable bonds is 5. The fourth-order valence-corrected chi connectivity index (χ4v) is 3.13. The van der Waals surface area contributed by atoms with E-state index in [1.54, 1.807) is 54.6 Å². The highest BCUT2D eigenvalue weighted by Gasteiger charge is 2.16. The minimum absolute atomic E-state index is 0.288. The lowest BCUT2D eigenvalue weighted by atomic mass is 10.1. The highest BCUT2D eigenvalue weighted by molar-refractivity contribution is 6.36.